The highest BCUT2D eigenvalue weighted by molar-refractivity contribution is 5.73. The first kappa shape index (κ1) is 18.9. The van der Waals surface area contributed by atoms with Crippen LogP contribution in [0.4, 0.5) is 11.6 Å². The van der Waals surface area contributed by atoms with E-state index < -0.39 is 5.54 Å². The molecule has 3 aromatic rings. The highest BCUT2D eigenvalue weighted by Crippen LogP contribution is 2.30. The molecule has 1 N–H and O–H groups in total. The average Bonchev–Trinajstić information content (AvgIpc) is 2.97. The van der Waals surface area contributed by atoms with Gasteiger partial charge in [0.05, 0.1) is 18.0 Å². The van der Waals surface area contributed by atoms with Crippen molar-refractivity contribution in [2.24, 2.45) is 14.1 Å². The van der Waals surface area contributed by atoms with Crippen molar-refractivity contribution >= 4 is 22.8 Å². The summed E-state index contributed by atoms with van der Waals surface area (Å²) in [6.45, 7) is 2.63. The smallest absolute Gasteiger partial charge is 0.331 e. The third kappa shape index (κ3) is 3.00. The van der Waals surface area contributed by atoms with Crippen LogP contribution in [0.1, 0.15) is 18.4 Å². The molecule has 1 aliphatic rings. The fraction of sp³-hybridized carbons (Fsp3) is 0.421. The van der Waals surface area contributed by atoms with Crippen molar-refractivity contribution in [3.05, 3.63) is 44.9 Å². The van der Waals surface area contributed by atoms with Crippen LogP contribution in [0.25, 0.3) is 11.2 Å². The zero-order chi connectivity index (χ0) is 20.8. The quantitative estimate of drug-likeness (QED) is 0.700. The Morgan fingerprint density at radius 2 is 2.00 bits per heavy atom. The van der Waals surface area contributed by atoms with Crippen LogP contribution in [0.15, 0.2) is 28.0 Å². The monoisotopic (exact) mass is 395 g/mol. The lowest BCUT2D eigenvalue weighted by atomic mass is 9.91. The molecule has 29 heavy (non-hydrogen) atoms. The maximum atomic E-state index is 13.0. The molecule has 0 unspecified atom stereocenters. The van der Waals surface area contributed by atoms with E-state index in [2.05, 4.69) is 21.4 Å². The number of aryl methyl sites for hydroxylation is 3. The van der Waals surface area contributed by atoms with E-state index in [0.29, 0.717) is 42.9 Å². The van der Waals surface area contributed by atoms with E-state index in [9.17, 15) is 14.9 Å². The first-order valence-electron chi connectivity index (χ1n) is 9.24. The van der Waals surface area contributed by atoms with Gasteiger partial charge in [-0.3, -0.25) is 13.9 Å². The van der Waals surface area contributed by atoms with Crippen LogP contribution in [-0.2, 0) is 24.4 Å². The largest absolute Gasteiger partial charge is 0.381 e. The summed E-state index contributed by atoms with van der Waals surface area (Å²) in [7, 11) is 3.30. The van der Waals surface area contributed by atoms with Gasteiger partial charge in [-0.25, -0.2) is 9.78 Å². The van der Waals surface area contributed by atoms with Gasteiger partial charge in [-0.05, 0) is 12.5 Å². The molecule has 0 atom stereocenters. The van der Waals surface area contributed by atoms with E-state index in [1.165, 1.54) is 19.8 Å². The fourth-order valence-electron chi connectivity index (χ4n) is 3.63. The Balaban J connectivity index is 1.86. The zero-order valence-corrected chi connectivity index (χ0v) is 16.5. The molecule has 3 aromatic heterocycles. The van der Waals surface area contributed by atoms with Gasteiger partial charge in [-0.1, -0.05) is 0 Å². The second-order valence-electron chi connectivity index (χ2n) is 7.28. The molecule has 1 aliphatic heterocycles. The second kappa shape index (κ2) is 6.86. The van der Waals surface area contributed by atoms with E-state index in [4.69, 9.17) is 4.74 Å². The minimum atomic E-state index is -1.01. The second-order valence-corrected chi connectivity index (χ2v) is 7.28. The van der Waals surface area contributed by atoms with Crippen molar-refractivity contribution in [1.82, 2.24) is 23.7 Å². The predicted octanol–water partition coefficient (Wildman–Crippen LogP) is 0.910. The normalized spacial score (nSPS) is 15.9. The number of hydrogen-bond donors (Lipinski definition) is 1. The summed E-state index contributed by atoms with van der Waals surface area (Å²) in [6, 6.07) is 3.84. The lowest BCUT2D eigenvalue weighted by molar-refractivity contribution is 0.0448. The topological polar surface area (TPSA) is 120 Å². The summed E-state index contributed by atoms with van der Waals surface area (Å²) in [4.78, 5) is 33.6. The highest BCUT2D eigenvalue weighted by Gasteiger charge is 2.38. The Morgan fingerprint density at radius 3 is 2.69 bits per heavy atom. The lowest BCUT2D eigenvalue weighted by Gasteiger charge is -2.31. The number of ether oxygens (including phenoxy) is 1. The van der Waals surface area contributed by atoms with Crippen LogP contribution in [0.5, 0.6) is 0 Å². The van der Waals surface area contributed by atoms with Gasteiger partial charge in [0.15, 0.2) is 5.65 Å². The van der Waals surface area contributed by atoms with E-state index in [0.717, 1.165) is 5.56 Å². The van der Waals surface area contributed by atoms with Crippen LogP contribution in [-0.4, -0.2) is 36.9 Å². The molecule has 4 rings (SSSR count). The van der Waals surface area contributed by atoms with Crippen molar-refractivity contribution in [3.8, 4) is 6.07 Å². The lowest BCUT2D eigenvalue weighted by Crippen LogP contribution is -2.44. The van der Waals surface area contributed by atoms with Gasteiger partial charge in [0.1, 0.15) is 11.1 Å². The molecule has 0 radical (unpaired) electrons. The van der Waals surface area contributed by atoms with Crippen molar-refractivity contribution in [1.29, 1.82) is 5.26 Å². The Labute approximate surface area is 166 Å². The van der Waals surface area contributed by atoms with Crippen LogP contribution in [0.3, 0.4) is 0 Å². The zero-order valence-electron chi connectivity index (χ0n) is 16.5. The maximum Gasteiger partial charge on any atom is 0.331 e. The minimum Gasteiger partial charge on any atom is -0.381 e. The number of aromatic nitrogens is 5. The first-order valence-corrected chi connectivity index (χ1v) is 9.24. The van der Waals surface area contributed by atoms with E-state index in [1.807, 2.05) is 6.92 Å². The number of fused-ring (bicyclic) bond motifs is 1. The van der Waals surface area contributed by atoms with Gasteiger partial charge in [0, 0.05) is 52.4 Å². The summed E-state index contributed by atoms with van der Waals surface area (Å²) in [5, 5.41) is 13.0. The fourth-order valence-corrected chi connectivity index (χ4v) is 3.63. The van der Waals surface area contributed by atoms with Gasteiger partial charge in [0.2, 0.25) is 5.95 Å². The number of anilines is 2. The van der Waals surface area contributed by atoms with Gasteiger partial charge in [-0.2, -0.15) is 10.2 Å². The molecule has 0 aliphatic carbocycles. The number of pyridine rings is 1. The molecule has 0 spiro atoms. The predicted molar refractivity (Wildman–Crippen MR) is 106 cm³/mol. The number of nitrogens with zero attached hydrogens (tertiary/aromatic N) is 6. The van der Waals surface area contributed by atoms with Crippen molar-refractivity contribution in [2.45, 2.75) is 25.3 Å². The van der Waals surface area contributed by atoms with E-state index in [1.54, 1.807) is 26.5 Å². The average molecular weight is 395 g/mol. The number of nitriles is 1. The summed E-state index contributed by atoms with van der Waals surface area (Å²) in [6.07, 6.45) is 4.05. The Bertz CT molecular complexity index is 1260. The summed E-state index contributed by atoms with van der Waals surface area (Å²) in [5.74, 6) is 0.277. The highest BCUT2D eigenvalue weighted by atomic mass is 16.5. The van der Waals surface area contributed by atoms with Gasteiger partial charge in [0.25, 0.3) is 5.56 Å². The molecule has 0 bridgehead atoms. The van der Waals surface area contributed by atoms with E-state index in [-0.39, 0.29) is 17.2 Å². The molecule has 150 valence electrons. The maximum absolute atomic E-state index is 13.0. The van der Waals surface area contributed by atoms with Gasteiger partial charge in [-0.15, -0.1) is 0 Å². The molecular weight excluding hydrogens is 374 g/mol. The molecule has 0 aromatic carbocycles. The standard InChI is InChI=1S/C19H21N7O3/c1-12-8-15(27)24(2)10-13(12)22-17-21-9-14-16(23-17)26(18(28)25(14)3)19(11-20)4-6-29-7-5-19/h8-10H,4-7H2,1-3H3,(H,21,22,23). The molecule has 0 amide bonds. The third-order valence-corrected chi connectivity index (χ3v) is 5.44. The first-order chi connectivity index (χ1) is 13.9. The molecular formula is C19H21N7O3. The van der Waals surface area contributed by atoms with Gasteiger partial charge < -0.3 is 14.6 Å². The minimum absolute atomic E-state index is 0.114. The van der Waals surface area contributed by atoms with E-state index >= 15 is 0 Å². The van der Waals surface area contributed by atoms with Crippen LogP contribution < -0.4 is 16.6 Å². The SMILES string of the molecule is Cc1cc(=O)n(C)cc1Nc1ncc2c(n1)n(C1(C#N)CCOCC1)c(=O)n2C. The number of rotatable bonds is 3. The third-order valence-electron chi connectivity index (χ3n) is 5.44. The van der Waals surface area contributed by atoms with Crippen LogP contribution in [0.2, 0.25) is 0 Å². The van der Waals surface area contributed by atoms with Crippen molar-refractivity contribution < 1.29 is 4.74 Å². The summed E-state index contributed by atoms with van der Waals surface area (Å²) in [5.41, 5.74) is 0.926. The number of nitrogens with one attached hydrogen (secondary N) is 1. The Kier molecular flexibility index (Phi) is 4.47. The molecule has 4 heterocycles. The van der Waals surface area contributed by atoms with Crippen molar-refractivity contribution in [3.63, 3.8) is 0 Å². The molecule has 0 saturated carbocycles. The molecule has 10 nitrogen and oxygen atoms in total. The Hall–Kier alpha value is -3.45. The number of imidazole rings is 1. The molecule has 1 saturated heterocycles. The summed E-state index contributed by atoms with van der Waals surface area (Å²) < 4.78 is 9.77. The van der Waals surface area contributed by atoms with Gasteiger partial charge >= 0.3 is 5.69 Å². The molecule has 10 heteroatoms. The van der Waals surface area contributed by atoms with Crippen LogP contribution >= 0.6 is 0 Å². The summed E-state index contributed by atoms with van der Waals surface area (Å²) >= 11 is 0. The van der Waals surface area contributed by atoms with Crippen LogP contribution in [0, 0.1) is 18.3 Å². The number of hydrogen-bond acceptors (Lipinski definition) is 7. The van der Waals surface area contributed by atoms with Crippen molar-refractivity contribution in [2.75, 3.05) is 18.5 Å². The molecule has 1 fully saturated rings. The Morgan fingerprint density at radius 1 is 1.28 bits per heavy atom.